The Morgan fingerprint density at radius 1 is 1.25 bits per heavy atom. The molecule has 1 aromatic heterocycles. The van der Waals surface area contributed by atoms with E-state index in [0.29, 0.717) is 12.0 Å². The first-order valence-electron chi connectivity index (χ1n) is 6.27. The van der Waals surface area contributed by atoms with Crippen LogP contribution in [0, 0.1) is 0 Å². The van der Waals surface area contributed by atoms with E-state index in [9.17, 15) is 0 Å². The van der Waals surface area contributed by atoms with Crippen LogP contribution in [0.5, 0.6) is 0 Å². The lowest BCUT2D eigenvalue weighted by atomic mass is 10.1. The molecule has 0 amide bonds. The molecule has 0 atom stereocenters. The molecular weight excluding hydrogens is 200 g/mol. The van der Waals surface area contributed by atoms with Crippen molar-refractivity contribution in [2.75, 3.05) is 25.9 Å². The maximum Gasteiger partial charge on any atom is 0.0884 e. The maximum atomic E-state index is 6.02. The Morgan fingerprint density at radius 3 is 2.56 bits per heavy atom. The normalized spacial score (nSPS) is 23.8. The molecule has 4 nitrogen and oxygen atoms in total. The average Bonchev–Trinajstić information content (AvgIpc) is 3.04. The van der Waals surface area contributed by atoms with Crippen LogP contribution in [0.25, 0.3) is 0 Å². The summed E-state index contributed by atoms with van der Waals surface area (Å²) in [5.74, 6) is 0.660. The Hall–Kier alpha value is -1.03. The highest BCUT2D eigenvalue weighted by Crippen LogP contribution is 2.42. The molecule has 0 aromatic carbocycles. The van der Waals surface area contributed by atoms with Gasteiger partial charge in [0.1, 0.15) is 0 Å². The van der Waals surface area contributed by atoms with Gasteiger partial charge in [0.25, 0.3) is 0 Å². The number of aromatic nitrogens is 2. The predicted octanol–water partition coefficient (Wildman–Crippen LogP) is 1.61. The highest BCUT2D eigenvalue weighted by atomic mass is 15.3. The van der Waals surface area contributed by atoms with Crippen LogP contribution in [0.15, 0.2) is 6.20 Å². The Bertz CT molecular complexity index is 372. The number of nitrogens with two attached hydrogens (primary N) is 1. The Morgan fingerprint density at radius 2 is 1.94 bits per heavy atom. The summed E-state index contributed by atoms with van der Waals surface area (Å²) in [5.41, 5.74) is 8.08. The highest BCUT2D eigenvalue weighted by Gasteiger charge is 2.29. The maximum absolute atomic E-state index is 6.02. The van der Waals surface area contributed by atoms with Crippen LogP contribution in [-0.4, -0.2) is 34.8 Å². The first-order chi connectivity index (χ1) is 7.74. The molecule has 2 N–H and O–H groups in total. The lowest BCUT2D eigenvalue weighted by Crippen LogP contribution is -2.31. The molecule has 0 radical (unpaired) electrons. The van der Waals surface area contributed by atoms with Crippen molar-refractivity contribution in [2.45, 2.75) is 37.6 Å². The number of hydrogen-bond acceptors (Lipinski definition) is 3. The Balaban J connectivity index is 1.76. The van der Waals surface area contributed by atoms with Crippen molar-refractivity contribution in [3.05, 3.63) is 11.9 Å². The van der Waals surface area contributed by atoms with Gasteiger partial charge in [0.2, 0.25) is 0 Å². The van der Waals surface area contributed by atoms with Crippen molar-refractivity contribution < 1.29 is 0 Å². The quantitative estimate of drug-likeness (QED) is 0.823. The summed E-state index contributed by atoms with van der Waals surface area (Å²) in [6.07, 6.45) is 6.98. The van der Waals surface area contributed by atoms with Crippen LogP contribution in [0.2, 0.25) is 0 Å². The zero-order chi connectivity index (χ0) is 11.1. The predicted molar refractivity (Wildman–Crippen MR) is 64.4 cm³/mol. The van der Waals surface area contributed by atoms with Crippen molar-refractivity contribution in [1.82, 2.24) is 14.7 Å². The van der Waals surface area contributed by atoms with Crippen molar-refractivity contribution in [1.29, 1.82) is 0 Å². The Labute approximate surface area is 96.4 Å². The van der Waals surface area contributed by atoms with E-state index in [0.717, 1.165) is 11.4 Å². The fourth-order valence-corrected chi connectivity index (χ4v) is 2.54. The minimum Gasteiger partial charge on any atom is -0.396 e. The van der Waals surface area contributed by atoms with Gasteiger partial charge in [-0.3, -0.25) is 4.68 Å². The van der Waals surface area contributed by atoms with Gasteiger partial charge in [0.05, 0.1) is 17.4 Å². The minimum absolute atomic E-state index is 0.561. The molecule has 1 saturated heterocycles. The van der Waals surface area contributed by atoms with Crippen LogP contribution in [0.4, 0.5) is 5.69 Å². The van der Waals surface area contributed by atoms with Crippen LogP contribution in [0.1, 0.15) is 43.3 Å². The van der Waals surface area contributed by atoms with E-state index in [2.05, 4.69) is 16.6 Å². The van der Waals surface area contributed by atoms with E-state index >= 15 is 0 Å². The second-order valence-electron chi connectivity index (χ2n) is 5.26. The molecule has 1 saturated carbocycles. The number of anilines is 1. The molecule has 88 valence electrons. The van der Waals surface area contributed by atoms with Gasteiger partial charge in [-0.25, -0.2) is 0 Å². The molecular formula is C12H20N4. The van der Waals surface area contributed by atoms with Gasteiger partial charge >= 0.3 is 0 Å². The van der Waals surface area contributed by atoms with Gasteiger partial charge in [0.15, 0.2) is 0 Å². The molecule has 2 fully saturated rings. The van der Waals surface area contributed by atoms with Crippen LogP contribution < -0.4 is 5.73 Å². The molecule has 1 aromatic rings. The standard InChI is InChI=1S/C12H20N4/c1-15-6-4-10(5-7-15)16-8-11(13)12(14-16)9-2-3-9/h8-10H,2-7,13H2,1H3. The molecule has 2 heterocycles. The third kappa shape index (κ3) is 1.82. The summed E-state index contributed by atoms with van der Waals surface area (Å²) in [6, 6.07) is 0.561. The topological polar surface area (TPSA) is 47.1 Å². The molecule has 4 heteroatoms. The van der Waals surface area contributed by atoms with Gasteiger partial charge in [-0.15, -0.1) is 0 Å². The van der Waals surface area contributed by atoms with Gasteiger partial charge < -0.3 is 10.6 Å². The molecule has 0 unspecified atom stereocenters. The van der Waals surface area contributed by atoms with Crippen LogP contribution >= 0.6 is 0 Å². The summed E-state index contributed by atoms with van der Waals surface area (Å²) in [6.45, 7) is 2.34. The smallest absolute Gasteiger partial charge is 0.0884 e. The number of piperidine rings is 1. The van der Waals surface area contributed by atoms with Crippen LogP contribution in [0.3, 0.4) is 0 Å². The second kappa shape index (κ2) is 3.77. The monoisotopic (exact) mass is 220 g/mol. The fourth-order valence-electron chi connectivity index (χ4n) is 2.54. The summed E-state index contributed by atoms with van der Waals surface area (Å²) in [4.78, 5) is 2.38. The number of hydrogen-bond donors (Lipinski definition) is 1. The van der Waals surface area contributed by atoms with E-state index in [1.165, 1.54) is 38.8 Å². The minimum atomic E-state index is 0.561. The molecule has 2 aliphatic rings. The largest absolute Gasteiger partial charge is 0.396 e. The molecule has 1 aliphatic heterocycles. The third-order valence-corrected chi connectivity index (χ3v) is 3.82. The van der Waals surface area contributed by atoms with Gasteiger partial charge in [0, 0.05) is 12.1 Å². The van der Waals surface area contributed by atoms with E-state index in [-0.39, 0.29) is 0 Å². The molecule has 16 heavy (non-hydrogen) atoms. The van der Waals surface area contributed by atoms with E-state index in [1.54, 1.807) is 0 Å². The van der Waals surface area contributed by atoms with Crippen molar-refractivity contribution in [3.8, 4) is 0 Å². The molecule has 0 bridgehead atoms. The van der Waals surface area contributed by atoms with Crippen LogP contribution in [-0.2, 0) is 0 Å². The third-order valence-electron chi connectivity index (χ3n) is 3.82. The number of nitrogen functional groups attached to an aromatic ring is 1. The van der Waals surface area contributed by atoms with Gasteiger partial charge in [-0.1, -0.05) is 0 Å². The van der Waals surface area contributed by atoms with Crippen molar-refractivity contribution in [2.24, 2.45) is 0 Å². The Kier molecular flexibility index (Phi) is 2.39. The van der Waals surface area contributed by atoms with E-state index in [4.69, 9.17) is 10.8 Å². The number of nitrogens with zero attached hydrogens (tertiary/aromatic N) is 3. The van der Waals surface area contributed by atoms with Gasteiger partial charge in [-0.2, -0.15) is 5.10 Å². The van der Waals surface area contributed by atoms with Gasteiger partial charge in [-0.05, 0) is 45.8 Å². The zero-order valence-electron chi connectivity index (χ0n) is 9.89. The summed E-state index contributed by atoms with van der Waals surface area (Å²) in [7, 11) is 2.18. The van der Waals surface area contributed by atoms with Crippen molar-refractivity contribution in [3.63, 3.8) is 0 Å². The lowest BCUT2D eigenvalue weighted by molar-refractivity contribution is 0.212. The molecule has 0 spiro atoms. The molecule has 1 aliphatic carbocycles. The van der Waals surface area contributed by atoms with Crippen molar-refractivity contribution >= 4 is 5.69 Å². The first kappa shape index (κ1) is 10.1. The summed E-state index contributed by atoms with van der Waals surface area (Å²) < 4.78 is 2.12. The van der Waals surface area contributed by atoms with E-state index < -0.39 is 0 Å². The summed E-state index contributed by atoms with van der Waals surface area (Å²) >= 11 is 0. The highest BCUT2D eigenvalue weighted by molar-refractivity contribution is 5.44. The summed E-state index contributed by atoms with van der Waals surface area (Å²) in [5, 5.41) is 4.69. The van der Waals surface area contributed by atoms with E-state index in [1.807, 2.05) is 6.20 Å². The first-order valence-corrected chi connectivity index (χ1v) is 6.27. The SMILES string of the molecule is CN1CCC(n2cc(N)c(C3CC3)n2)CC1. The molecule has 3 rings (SSSR count). The second-order valence-corrected chi connectivity index (χ2v) is 5.26. The lowest BCUT2D eigenvalue weighted by Gasteiger charge is -2.28. The fraction of sp³-hybridized carbons (Fsp3) is 0.750. The number of rotatable bonds is 2. The average molecular weight is 220 g/mol. The zero-order valence-corrected chi connectivity index (χ0v) is 9.89. The number of likely N-dealkylation sites (tertiary alicyclic amines) is 1.